The minimum Gasteiger partial charge on any atom is -0.348 e. The number of carbonyl (C=O) groups is 1. The topological polar surface area (TPSA) is 42.0 Å². The van der Waals surface area contributed by atoms with Gasteiger partial charge in [0.15, 0.2) is 0 Å². The molecule has 0 bridgehead atoms. The predicted octanol–water partition coefficient (Wildman–Crippen LogP) is 3.40. The normalized spacial score (nSPS) is 27.8. The SMILES string of the molecule is CC1CC(C)CC(NC(=O)c2cccc(Br)n2)C1. The molecule has 1 amide bonds. The molecule has 1 fully saturated rings. The lowest BCUT2D eigenvalue weighted by atomic mass is 9.80. The molecule has 0 saturated heterocycles. The van der Waals surface area contributed by atoms with Crippen LogP contribution in [0.4, 0.5) is 0 Å². The third-order valence-electron chi connectivity index (χ3n) is 3.46. The molecule has 1 saturated carbocycles. The van der Waals surface area contributed by atoms with Crippen LogP contribution in [0, 0.1) is 11.8 Å². The fourth-order valence-corrected chi connectivity index (χ4v) is 3.20. The second kappa shape index (κ2) is 5.83. The highest BCUT2D eigenvalue weighted by Crippen LogP contribution is 2.28. The van der Waals surface area contributed by atoms with Crippen LogP contribution in [0.2, 0.25) is 0 Å². The number of hydrogen-bond acceptors (Lipinski definition) is 2. The summed E-state index contributed by atoms with van der Waals surface area (Å²) in [5, 5.41) is 3.10. The van der Waals surface area contributed by atoms with Gasteiger partial charge in [-0.2, -0.15) is 0 Å². The average molecular weight is 311 g/mol. The zero-order valence-electron chi connectivity index (χ0n) is 10.8. The Hall–Kier alpha value is -0.900. The molecule has 0 radical (unpaired) electrons. The summed E-state index contributed by atoms with van der Waals surface area (Å²) in [5.41, 5.74) is 0.482. The molecule has 98 valence electrons. The number of rotatable bonds is 2. The van der Waals surface area contributed by atoms with Crippen molar-refractivity contribution in [2.45, 2.75) is 39.2 Å². The van der Waals surface area contributed by atoms with Gasteiger partial charge in [0, 0.05) is 6.04 Å². The molecule has 1 N–H and O–H groups in total. The van der Waals surface area contributed by atoms with E-state index in [1.807, 2.05) is 12.1 Å². The van der Waals surface area contributed by atoms with Crippen LogP contribution in [0.5, 0.6) is 0 Å². The number of pyridine rings is 1. The summed E-state index contributed by atoms with van der Waals surface area (Å²) < 4.78 is 0.695. The molecule has 2 atom stereocenters. The number of amides is 1. The molecule has 2 unspecified atom stereocenters. The van der Waals surface area contributed by atoms with Crippen LogP contribution < -0.4 is 5.32 Å². The summed E-state index contributed by atoms with van der Waals surface area (Å²) >= 11 is 3.28. The van der Waals surface area contributed by atoms with Gasteiger partial charge in [0.1, 0.15) is 10.3 Å². The van der Waals surface area contributed by atoms with E-state index in [0.717, 1.165) is 12.8 Å². The molecule has 1 aliphatic rings. The summed E-state index contributed by atoms with van der Waals surface area (Å²) in [7, 11) is 0. The van der Waals surface area contributed by atoms with Crippen molar-refractivity contribution < 1.29 is 4.79 Å². The first-order chi connectivity index (χ1) is 8.54. The average Bonchev–Trinajstić information content (AvgIpc) is 2.27. The van der Waals surface area contributed by atoms with E-state index in [-0.39, 0.29) is 11.9 Å². The van der Waals surface area contributed by atoms with Crippen molar-refractivity contribution in [3.63, 3.8) is 0 Å². The number of aromatic nitrogens is 1. The van der Waals surface area contributed by atoms with Gasteiger partial charge >= 0.3 is 0 Å². The van der Waals surface area contributed by atoms with Gasteiger partial charge in [-0.05, 0) is 59.2 Å². The van der Waals surface area contributed by atoms with E-state index in [2.05, 4.69) is 40.1 Å². The van der Waals surface area contributed by atoms with Crippen LogP contribution in [0.15, 0.2) is 22.8 Å². The van der Waals surface area contributed by atoms with Crippen LogP contribution >= 0.6 is 15.9 Å². The van der Waals surface area contributed by atoms with Crippen molar-refractivity contribution >= 4 is 21.8 Å². The Bertz CT molecular complexity index is 426. The van der Waals surface area contributed by atoms with Crippen molar-refractivity contribution in [3.05, 3.63) is 28.5 Å². The molecule has 1 aromatic heterocycles. The number of halogens is 1. The van der Waals surface area contributed by atoms with Gasteiger partial charge in [-0.3, -0.25) is 4.79 Å². The molecular weight excluding hydrogens is 292 g/mol. The third kappa shape index (κ3) is 3.55. The Morgan fingerprint density at radius 1 is 1.28 bits per heavy atom. The molecular formula is C14H19BrN2O. The predicted molar refractivity (Wildman–Crippen MR) is 75.4 cm³/mol. The van der Waals surface area contributed by atoms with E-state index in [4.69, 9.17) is 0 Å². The lowest BCUT2D eigenvalue weighted by molar-refractivity contribution is 0.0906. The van der Waals surface area contributed by atoms with Gasteiger partial charge in [0.2, 0.25) is 0 Å². The highest BCUT2D eigenvalue weighted by Gasteiger charge is 2.25. The third-order valence-corrected chi connectivity index (χ3v) is 3.90. The molecule has 0 spiro atoms. The van der Waals surface area contributed by atoms with Gasteiger partial charge in [0.25, 0.3) is 5.91 Å². The molecule has 4 heteroatoms. The van der Waals surface area contributed by atoms with Gasteiger partial charge < -0.3 is 5.32 Å². The summed E-state index contributed by atoms with van der Waals surface area (Å²) in [5.74, 6) is 1.31. The molecule has 0 aliphatic heterocycles. The van der Waals surface area contributed by atoms with E-state index in [1.54, 1.807) is 6.07 Å². The van der Waals surface area contributed by atoms with E-state index in [0.29, 0.717) is 22.1 Å². The molecule has 1 heterocycles. The zero-order valence-corrected chi connectivity index (χ0v) is 12.4. The number of carbonyl (C=O) groups excluding carboxylic acids is 1. The van der Waals surface area contributed by atoms with Crippen LogP contribution in [0.1, 0.15) is 43.6 Å². The summed E-state index contributed by atoms with van der Waals surface area (Å²) in [6.07, 6.45) is 3.41. The zero-order chi connectivity index (χ0) is 13.1. The summed E-state index contributed by atoms with van der Waals surface area (Å²) in [6.45, 7) is 4.51. The first kappa shape index (κ1) is 13.5. The second-order valence-corrected chi connectivity index (χ2v) is 6.25. The van der Waals surface area contributed by atoms with Crippen molar-refractivity contribution in [2.24, 2.45) is 11.8 Å². The monoisotopic (exact) mass is 310 g/mol. The number of nitrogens with zero attached hydrogens (tertiary/aromatic N) is 1. The standard InChI is InChI=1S/C14H19BrN2O/c1-9-6-10(2)8-11(7-9)16-14(18)12-4-3-5-13(15)17-12/h3-5,9-11H,6-8H2,1-2H3,(H,16,18). The van der Waals surface area contributed by atoms with E-state index < -0.39 is 0 Å². The Balaban J connectivity index is 1.99. The van der Waals surface area contributed by atoms with Gasteiger partial charge in [0.05, 0.1) is 0 Å². The van der Waals surface area contributed by atoms with Crippen LogP contribution in [-0.2, 0) is 0 Å². The Morgan fingerprint density at radius 3 is 2.56 bits per heavy atom. The lowest BCUT2D eigenvalue weighted by Crippen LogP contribution is -2.40. The minimum atomic E-state index is -0.0670. The van der Waals surface area contributed by atoms with Crippen molar-refractivity contribution in [1.29, 1.82) is 0 Å². The second-order valence-electron chi connectivity index (χ2n) is 5.43. The maximum absolute atomic E-state index is 12.1. The molecule has 2 rings (SSSR count). The van der Waals surface area contributed by atoms with E-state index in [9.17, 15) is 4.79 Å². The van der Waals surface area contributed by atoms with E-state index >= 15 is 0 Å². The molecule has 1 aromatic rings. The Morgan fingerprint density at radius 2 is 1.94 bits per heavy atom. The van der Waals surface area contributed by atoms with Crippen LogP contribution in [0.3, 0.4) is 0 Å². The minimum absolute atomic E-state index is 0.0670. The number of hydrogen-bond donors (Lipinski definition) is 1. The highest BCUT2D eigenvalue weighted by molar-refractivity contribution is 9.10. The van der Waals surface area contributed by atoms with Crippen LogP contribution in [0.25, 0.3) is 0 Å². The molecule has 3 nitrogen and oxygen atoms in total. The van der Waals surface area contributed by atoms with Gasteiger partial charge in [-0.15, -0.1) is 0 Å². The Kier molecular flexibility index (Phi) is 4.38. The molecule has 1 aliphatic carbocycles. The van der Waals surface area contributed by atoms with E-state index in [1.165, 1.54) is 6.42 Å². The van der Waals surface area contributed by atoms with Crippen molar-refractivity contribution in [2.75, 3.05) is 0 Å². The lowest BCUT2D eigenvalue weighted by Gasteiger charge is -2.31. The van der Waals surface area contributed by atoms with Crippen molar-refractivity contribution in [1.82, 2.24) is 10.3 Å². The molecule has 18 heavy (non-hydrogen) atoms. The fourth-order valence-electron chi connectivity index (χ4n) is 2.86. The quantitative estimate of drug-likeness (QED) is 0.851. The summed E-state index contributed by atoms with van der Waals surface area (Å²) in [6, 6.07) is 5.69. The first-order valence-electron chi connectivity index (χ1n) is 6.48. The van der Waals surface area contributed by atoms with Crippen molar-refractivity contribution in [3.8, 4) is 0 Å². The summed E-state index contributed by atoms with van der Waals surface area (Å²) in [4.78, 5) is 16.3. The largest absolute Gasteiger partial charge is 0.348 e. The number of nitrogens with one attached hydrogen (secondary N) is 1. The maximum Gasteiger partial charge on any atom is 0.270 e. The molecule has 0 aromatic carbocycles. The van der Waals surface area contributed by atoms with Crippen LogP contribution in [-0.4, -0.2) is 16.9 Å². The van der Waals surface area contributed by atoms with Gasteiger partial charge in [-0.25, -0.2) is 4.98 Å². The smallest absolute Gasteiger partial charge is 0.270 e. The Labute approximate surface area is 117 Å². The maximum atomic E-state index is 12.1. The fraction of sp³-hybridized carbons (Fsp3) is 0.571. The first-order valence-corrected chi connectivity index (χ1v) is 7.27. The van der Waals surface area contributed by atoms with Gasteiger partial charge in [-0.1, -0.05) is 19.9 Å². The highest BCUT2D eigenvalue weighted by atomic mass is 79.9.